The number of aromatic nitrogens is 1. The number of carbonyl (C=O) groups is 2. The van der Waals surface area contributed by atoms with Crippen LogP contribution in [0.2, 0.25) is 0 Å². The van der Waals surface area contributed by atoms with Crippen molar-refractivity contribution in [3.63, 3.8) is 0 Å². The molecule has 0 spiro atoms. The molecule has 194 valence electrons. The number of nitrogens with zero attached hydrogens (tertiary/aromatic N) is 3. The Morgan fingerprint density at radius 3 is 2.57 bits per heavy atom. The van der Waals surface area contributed by atoms with Crippen LogP contribution in [-0.4, -0.2) is 61.2 Å². The van der Waals surface area contributed by atoms with Crippen molar-refractivity contribution in [2.24, 2.45) is 0 Å². The van der Waals surface area contributed by atoms with Crippen molar-refractivity contribution in [3.8, 4) is 5.75 Å². The predicted molar refractivity (Wildman–Crippen MR) is 144 cm³/mol. The third-order valence-corrected chi connectivity index (χ3v) is 7.04. The van der Waals surface area contributed by atoms with Gasteiger partial charge >= 0.3 is 0 Å². The van der Waals surface area contributed by atoms with Crippen LogP contribution in [0.4, 0.5) is 11.5 Å². The predicted octanol–water partition coefficient (Wildman–Crippen LogP) is 4.62. The second-order valence-corrected chi connectivity index (χ2v) is 9.80. The van der Waals surface area contributed by atoms with Crippen molar-refractivity contribution in [2.75, 3.05) is 43.6 Å². The molecule has 1 N–H and O–H groups in total. The normalized spacial score (nSPS) is 17.2. The van der Waals surface area contributed by atoms with E-state index in [2.05, 4.69) is 16.3 Å². The Balaban J connectivity index is 1.48. The van der Waals surface area contributed by atoms with E-state index in [1.165, 1.54) is 6.92 Å². The first kappa shape index (κ1) is 25.0. The molecular formula is C29H34N4O4. The van der Waals surface area contributed by atoms with Gasteiger partial charge in [-0.05, 0) is 68.1 Å². The van der Waals surface area contributed by atoms with Crippen molar-refractivity contribution in [1.82, 2.24) is 9.88 Å². The topological polar surface area (TPSA) is 84.0 Å². The van der Waals surface area contributed by atoms with E-state index in [1.807, 2.05) is 23.1 Å². The maximum Gasteiger partial charge on any atom is 0.254 e. The number of carbonyl (C=O) groups excluding carboxylic acids is 2. The van der Waals surface area contributed by atoms with Crippen molar-refractivity contribution >= 4 is 34.2 Å². The number of methoxy groups -OCH3 is 1. The van der Waals surface area contributed by atoms with E-state index in [1.54, 1.807) is 31.4 Å². The summed E-state index contributed by atoms with van der Waals surface area (Å²) in [5.41, 5.74) is 3.16. The van der Waals surface area contributed by atoms with Gasteiger partial charge in [-0.3, -0.25) is 9.59 Å². The Bertz CT molecular complexity index is 1260. The zero-order chi connectivity index (χ0) is 25.8. The first-order chi connectivity index (χ1) is 18.0. The lowest BCUT2D eigenvalue weighted by molar-refractivity contribution is -0.114. The van der Waals surface area contributed by atoms with E-state index < -0.39 is 0 Å². The molecule has 3 aromatic rings. The van der Waals surface area contributed by atoms with Crippen LogP contribution in [0, 0.1) is 0 Å². The van der Waals surface area contributed by atoms with Crippen LogP contribution in [-0.2, 0) is 16.1 Å². The summed E-state index contributed by atoms with van der Waals surface area (Å²) in [6, 6.07) is 15.1. The van der Waals surface area contributed by atoms with Crippen molar-refractivity contribution in [2.45, 2.75) is 45.3 Å². The Morgan fingerprint density at radius 2 is 1.89 bits per heavy atom. The molecule has 1 aromatic heterocycles. The van der Waals surface area contributed by atoms with Crippen LogP contribution in [0.25, 0.3) is 10.9 Å². The van der Waals surface area contributed by atoms with E-state index in [-0.39, 0.29) is 17.9 Å². The summed E-state index contributed by atoms with van der Waals surface area (Å²) < 4.78 is 11.3. The van der Waals surface area contributed by atoms with Gasteiger partial charge in [0.2, 0.25) is 5.91 Å². The first-order valence-corrected chi connectivity index (χ1v) is 13.0. The summed E-state index contributed by atoms with van der Waals surface area (Å²) in [6.45, 7) is 5.07. The standard InChI is InChI=1S/C29H34N4O4/c1-20(34)30-24-10-7-21(8-11-24)29(35)33(19-26-6-5-15-37-26)18-23-16-22-9-12-25(36-2)17-27(22)31-28(23)32-13-3-4-14-32/h7-12,16-17,26H,3-6,13-15,18-19H2,1-2H3,(H,30,34)/t26-/m0/s1. The number of hydrogen-bond donors (Lipinski definition) is 1. The summed E-state index contributed by atoms with van der Waals surface area (Å²) in [7, 11) is 1.66. The highest BCUT2D eigenvalue weighted by Gasteiger charge is 2.26. The van der Waals surface area contributed by atoms with Gasteiger partial charge in [0.15, 0.2) is 0 Å². The number of hydrogen-bond acceptors (Lipinski definition) is 6. The van der Waals surface area contributed by atoms with Gasteiger partial charge in [-0.15, -0.1) is 0 Å². The first-order valence-electron chi connectivity index (χ1n) is 13.0. The zero-order valence-electron chi connectivity index (χ0n) is 21.5. The van der Waals surface area contributed by atoms with E-state index >= 15 is 0 Å². The van der Waals surface area contributed by atoms with E-state index in [9.17, 15) is 9.59 Å². The lowest BCUT2D eigenvalue weighted by Gasteiger charge is -2.28. The molecule has 2 aliphatic rings. The molecule has 0 aliphatic carbocycles. The second-order valence-electron chi connectivity index (χ2n) is 9.80. The summed E-state index contributed by atoms with van der Waals surface area (Å²) in [5, 5.41) is 3.77. The molecule has 8 nitrogen and oxygen atoms in total. The van der Waals surface area contributed by atoms with Gasteiger partial charge in [-0.1, -0.05) is 0 Å². The molecule has 2 aromatic carbocycles. The van der Waals surface area contributed by atoms with E-state index in [0.717, 1.165) is 73.4 Å². The molecule has 5 rings (SSSR count). The fourth-order valence-electron chi connectivity index (χ4n) is 5.17. The molecular weight excluding hydrogens is 468 g/mol. The monoisotopic (exact) mass is 502 g/mol. The Morgan fingerprint density at radius 1 is 1.11 bits per heavy atom. The van der Waals surface area contributed by atoms with E-state index in [0.29, 0.717) is 24.3 Å². The Hall–Kier alpha value is -3.65. The molecule has 2 amide bonds. The highest BCUT2D eigenvalue weighted by atomic mass is 16.5. The summed E-state index contributed by atoms with van der Waals surface area (Å²) >= 11 is 0. The Kier molecular flexibility index (Phi) is 7.55. The fourth-order valence-corrected chi connectivity index (χ4v) is 5.17. The van der Waals surface area contributed by atoms with Crippen LogP contribution < -0.4 is 15.0 Å². The van der Waals surface area contributed by atoms with E-state index in [4.69, 9.17) is 14.5 Å². The van der Waals surface area contributed by atoms with Crippen LogP contribution in [0.1, 0.15) is 48.5 Å². The zero-order valence-corrected chi connectivity index (χ0v) is 21.5. The van der Waals surface area contributed by atoms with Crippen molar-refractivity contribution < 1.29 is 19.1 Å². The SMILES string of the molecule is COc1ccc2cc(CN(C[C@@H]3CCCO3)C(=O)c3ccc(NC(C)=O)cc3)c(N3CCCC3)nc2c1. The lowest BCUT2D eigenvalue weighted by Crippen LogP contribution is -2.37. The number of anilines is 2. The molecule has 0 unspecified atom stereocenters. The minimum Gasteiger partial charge on any atom is -0.497 e. The van der Waals surface area contributed by atoms with Crippen LogP contribution in [0.15, 0.2) is 48.5 Å². The third-order valence-electron chi connectivity index (χ3n) is 7.04. The molecule has 2 fully saturated rings. The van der Waals surface area contributed by atoms with Crippen molar-refractivity contribution in [3.05, 3.63) is 59.7 Å². The highest BCUT2D eigenvalue weighted by molar-refractivity contribution is 5.95. The average molecular weight is 503 g/mol. The van der Waals surface area contributed by atoms with Gasteiger partial charge in [-0.25, -0.2) is 4.98 Å². The summed E-state index contributed by atoms with van der Waals surface area (Å²) in [5.74, 6) is 1.50. The largest absolute Gasteiger partial charge is 0.497 e. The summed E-state index contributed by atoms with van der Waals surface area (Å²) in [4.78, 5) is 34.4. The molecule has 37 heavy (non-hydrogen) atoms. The van der Waals surface area contributed by atoms with Gasteiger partial charge in [0, 0.05) is 68.0 Å². The van der Waals surface area contributed by atoms with Crippen LogP contribution in [0.3, 0.4) is 0 Å². The number of benzene rings is 2. The molecule has 3 heterocycles. The van der Waals surface area contributed by atoms with Gasteiger partial charge in [0.1, 0.15) is 11.6 Å². The maximum absolute atomic E-state index is 13.8. The lowest BCUT2D eigenvalue weighted by atomic mass is 10.1. The third kappa shape index (κ3) is 5.85. The highest BCUT2D eigenvalue weighted by Crippen LogP contribution is 2.30. The second kappa shape index (κ2) is 11.2. The molecule has 0 radical (unpaired) electrons. The number of amides is 2. The average Bonchev–Trinajstić information content (AvgIpc) is 3.62. The minimum atomic E-state index is -0.144. The van der Waals surface area contributed by atoms with Crippen molar-refractivity contribution in [1.29, 1.82) is 0 Å². The molecule has 0 bridgehead atoms. The number of ether oxygens (including phenoxy) is 2. The fraction of sp³-hybridized carbons (Fsp3) is 0.414. The van der Waals surface area contributed by atoms with Gasteiger partial charge in [0.25, 0.3) is 5.91 Å². The van der Waals surface area contributed by atoms with Crippen LogP contribution >= 0.6 is 0 Å². The number of pyridine rings is 1. The molecule has 1 atom stereocenters. The molecule has 8 heteroatoms. The van der Waals surface area contributed by atoms with Gasteiger partial charge in [0.05, 0.1) is 18.7 Å². The number of rotatable bonds is 8. The quantitative estimate of drug-likeness (QED) is 0.484. The molecule has 2 saturated heterocycles. The Labute approximate surface area is 217 Å². The summed E-state index contributed by atoms with van der Waals surface area (Å²) in [6.07, 6.45) is 4.25. The smallest absolute Gasteiger partial charge is 0.254 e. The molecule has 0 saturated carbocycles. The number of nitrogens with one attached hydrogen (secondary N) is 1. The van der Waals surface area contributed by atoms with Gasteiger partial charge < -0.3 is 24.6 Å². The maximum atomic E-state index is 13.8. The molecule has 2 aliphatic heterocycles. The van der Waals surface area contributed by atoms with Gasteiger partial charge in [-0.2, -0.15) is 0 Å². The number of fused-ring (bicyclic) bond motifs is 1. The van der Waals surface area contributed by atoms with Crippen LogP contribution in [0.5, 0.6) is 5.75 Å². The minimum absolute atomic E-state index is 0.0236.